The van der Waals surface area contributed by atoms with Crippen molar-refractivity contribution in [3.63, 3.8) is 0 Å². The molecule has 2 fully saturated rings. The molecule has 0 bridgehead atoms. The zero-order valence-corrected chi connectivity index (χ0v) is 24.2. The van der Waals surface area contributed by atoms with Gasteiger partial charge in [-0.2, -0.15) is 0 Å². The van der Waals surface area contributed by atoms with Gasteiger partial charge in [0.1, 0.15) is 12.5 Å². The van der Waals surface area contributed by atoms with Crippen LogP contribution in [0.3, 0.4) is 0 Å². The Balaban J connectivity index is 1.24. The first-order chi connectivity index (χ1) is 19.1. The first-order valence-corrected chi connectivity index (χ1v) is 15.1. The molecule has 0 spiro atoms. The van der Waals surface area contributed by atoms with Crippen LogP contribution in [0.25, 0.3) is 0 Å². The molecule has 0 saturated heterocycles. The van der Waals surface area contributed by atoms with E-state index in [-0.39, 0.29) is 5.41 Å². The molecule has 39 heavy (non-hydrogen) atoms. The fraction of sp³-hybridized carbons (Fsp3) is 0.647. The van der Waals surface area contributed by atoms with E-state index in [9.17, 15) is 0 Å². The summed E-state index contributed by atoms with van der Waals surface area (Å²) in [5, 5.41) is 0. The maximum Gasteiger partial charge on any atom is 0.188 e. The first-order valence-electron chi connectivity index (χ1n) is 15.1. The van der Waals surface area contributed by atoms with Crippen LogP contribution >= 0.6 is 0 Å². The lowest BCUT2D eigenvalue weighted by molar-refractivity contribution is -0.128. The maximum absolute atomic E-state index is 6.27. The predicted octanol–water partition coefficient (Wildman–Crippen LogP) is 7.52. The third-order valence-electron chi connectivity index (χ3n) is 9.99. The van der Waals surface area contributed by atoms with Crippen LogP contribution in [0.5, 0.6) is 5.75 Å². The molecule has 0 amide bonds. The van der Waals surface area contributed by atoms with Crippen LogP contribution in [-0.2, 0) is 32.0 Å². The first kappa shape index (κ1) is 28.6. The van der Waals surface area contributed by atoms with Crippen molar-refractivity contribution in [2.75, 3.05) is 34.4 Å². The molecular weight excluding hydrogens is 488 g/mol. The summed E-state index contributed by atoms with van der Waals surface area (Å²) < 4.78 is 28.5. The fourth-order valence-corrected chi connectivity index (χ4v) is 8.19. The van der Waals surface area contributed by atoms with Gasteiger partial charge >= 0.3 is 0 Å². The minimum atomic E-state index is 0.252. The van der Waals surface area contributed by atoms with Crippen LogP contribution in [0.4, 0.5) is 0 Å². The summed E-state index contributed by atoms with van der Waals surface area (Å²) in [6.07, 6.45) is 11.3. The summed E-state index contributed by atoms with van der Waals surface area (Å²) in [7, 11) is 3.41. The Hall–Kier alpha value is -1.92. The summed E-state index contributed by atoms with van der Waals surface area (Å²) in [4.78, 5) is 0. The van der Waals surface area contributed by atoms with E-state index in [0.29, 0.717) is 38.1 Å². The summed E-state index contributed by atoms with van der Waals surface area (Å²) in [5.74, 6) is 3.72. The molecule has 214 valence electrons. The van der Waals surface area contributed by atoms with Crippen molar-refractivity contribution in [3.8, 4) is 5.75 Å². The molecule has 0 N–H and O–H groups in total. The van der Waals surface area contributed by atoms with Crippen LogP contribution < -0.4 is 4.74 Å². The molecule has 0 radical (unpaired) electrons. The molecule has 0 heterocycles. The van der Waals surface area contributed by atoms with Crippen molar-refractivity contribution >= 4 is 0 Å². The molecule has 3 aliphatic carbocycles. The molecular formula is C34H48O5. The van der Waals surface area contributed by atoms with Gasteiger partial charge in [-0.15, -0.1) is 0 Å². The molecule has 5 nitrogen and oxygen atoms in total. The lowest BCUT2D eigenvalue weighted by Crippen LogP contribution is -2.47. The molecule has 2 aromatic rings. The normalized spacial score (nSPS) is 29.5. The van der Waals surface area contributed by atoms with Gasteiger partial charge < -0.3 is 23.7 Å². The van der Waals surface area contributed by atoms with E-state index in [1.807, 2.05) is 0 Å². The van der Waals surface area contributed by atoms with E-state index in [1.165, 1.54) is 49.7 Å². The second-order valence-corrected chi connectivity index (χ2v) is 12.2. The highest BCUT2D eigenvalue weighted by atomic mass is 16.7. The summed E-state index contributed by atoms with van der Waals surface area (Å²) in [5.41, 5.74) is 4.57. The van der Waals surface area contributed by atoms with Crippen LogP contribution in [0.1, 0.15) is 80.9 Å². The molecule has 0 aliphatic heterocycles. The van der Waals surface area contributed by atoms with Gasteiger partial charge in [0.05, 0.1) is 12.7 Å². The molecule has 6 atom stereocenters. The molecule has 2 aromatic carbocycles. The van der Waals surface area contributed by atoms with Crippen molar-refractivity contribution in [3.05, 3.63) is 65.2 Å². The Morgan fingerprint density at radius 2 is 1.74 bits per heavy atom. The lowest BCUT2D eigenvalue weighted by atomic mass is 9.52. The SMILES string of the molecule is COCOc1ccc2c(c1)CC(CCCCCOCc1ccccc1)C1C2CCC2(C)C(OCOC)CCC12. The van der Waals surface area contributed by atoms with Gasteiger partial charge in [-0.1, -0.05) is 56.2 Å². The molecule has 5 heteroatoms. The minimum Gasteiger partial charge on any atom is -0.468 e. The van der Waals surface area contributed by atoms with Gasteiger partial charge in [0, 0.05) is 20.8 Å². The molecule has 3 aliphatic rings. The van der Waals surface area contributed by atoms with Crippen molar-refractivity contribution in [1.82, 2.24) is 0 Å². The van der Waals surface area contributed by atoms with Gasteiger partial charge in [-0.25, -0.2) is 0 Å². The number of hydrogen-bond acceptors (Lipinski definition) is 5. The quantitative estimate of drug-likeness (QED) is 0.185. The van der Waals surface area contributed by atoms with Crippen molar-refractivity contribution < 1.29 is 23.7 Å². The Morgan fingerprint density at radius 1 is 0.897 bits per heavy atom. The van der Waals surface area contributed by atoms with E-state index in [4.69, 9.17) is 23.7 Å². The Morgan fingerprint density at radius 3 is 2.56 bits per heavy atom. The highest BCUT2D eigenvalue weighted by Gasteiger charge is 2.57. The highest BCUT2D eigenvalue weighted by Crippen LogP contribution is 2.63. The second kappa shape index (κ2) is 13.6. The van der Waals surface area contributed by atoms with Crippen molar-refractivity contribution in [2.24, 2.45) is 23.2 Å². The maximum atomic E-state index is 6.27. The van der Waals surface area contributed by atoms with Gasteiger partial charge in [0.25, 0.3) is 0 Å². The lowest BCUT2D eigenvalue weighted by Gasteiger charge is -2.53. The van der Waals surface area contributed by atoms with Gasteiger partial charge in [0.2, 0.25) is 0 Å². The van der Waals surface area contributed by atoms with E-state index in [1.54, 1.807) is 19.8 Å². The molecule has 2 saturated carbocycles. The topological polar surface area (TPSA) is 46.2 Å². The summed E-state index contributed by atoms with van der Waals surface area (Å²) >= 11 is 0. The van der Waals surface area contributed by atoms with Crippen LogP contribution in [0.15, 0.2) is 48.5 Å². The highest BCUT2D eigenvalue weighted by molar-refractivity contribution is 5.41. The van der Waals surface area contributed by atoms with Crippen molar-refractivity contribution in [1.29, 1.82) is 0 Å². The number of unbranched alkanes of at least 4 members (excludes halogenated alkanes) is 2. The average molecular weight is 537 g/mol. The molecule has 6 unspecified atom stereocenters. The number of methoxy groups -OCH3 is 2. The van der Waals surface area contributed by atoms with E-state index in [2.05, 4.69) is 55.5 Å². The standard InChI is InChI=1S/C34H48O5/c1-34-18-17-30-29-14-13-28(38-23-35-2)21-27(29)20-26(33(30)31(34)15-16-32(34)39-24-36-3)12-8-5-9-19-37-22-25-10-6-4-7-11-25/h4,6-7,10-11,13-14,21,26,30-33H,5,8-9,12,15-20,22-24H2,1-3H3. The van der Waals surface area contributed by atoms with E-state index in [0.717, 1.165) is 43.5 Å². The Kier molecular flexibility index (Phi) is 9.99. The average Bonchev–Trinajstić information content (AvgIpc) is 3.30. The minimum absolute atomic E-state index is 0.252. The number of rotatable bonds is 14. The number of benzene rings is 2. The molecule has 0 aromatic heterocycles. The smallest absolute Gasteiger partial charge is 0.188 e. The number of ether oxygens (including phenoxy) is 5. The fourth-order valence-electron chi connectivity index (χ4n) is 8.19. The number of hydrogen-bond donors (Lipinski definition) is 0. The Bertz CT molecular complexity index is 1030. The van der Waals surface area contributed by atoms with Crippen LogP contribution in [0.2, 0.25) is 0 Å². The van der Waals surface area contributed by atoms with E-state index >= 15 is 0 Å². The van der Waals surface area contributed by atoms with Crippen molar-refractivity contribution in [2.45, 2.75) is 83.3 Å². The van der Waals surface area contributed by atoms with Gasteiger partial charge in [0.15, 0.2) is 6.79 Å². The third kappa shape index (κ3) is 6.53. The zero-order chi connectivity index (χ0) is 27.1. The van der Waals surface area contributed by atoms with Crippen LogP contribution in [0, 0.1) is 23.2 Å². The second-order valence-electron chi connectivity index (χ2n) is 12.2. The molecule has 5 rings (SSSR count). The largest absolute Gasteiger partial charge is 0.468 e. The van der Waals surface area contributed by atoms with E-state index < -0.39 is 0 Å². The third-order valence-corrected chi connectivity index (χ3v) is 9.99. The zero-order valence-electron chi connectivity index (χ0n) is 24.2. The predicted molar refractivity (Wildman–Crippen MR) is 154 cm³/mol. The number of fused-ring (bicyclic) bond motifs is 5. The van der Waals surface area contributed by atoms with Gasteiger partial charge in [-0.3, -0.25) is 0 Å². The summed E-state index contributed by atoms with van der Waals surface area (Å²) in [6.45, 7) is 4.77. The Labute approximate surface area is 235 Å². The summed E-state index contributed by atoms with van der Waals surface area (Å²) in [6, 6.07) is 17.3. The van der Waals surface area contributed by atoms with Crippen LogP contribution in [-0.4, -0.2) is 40.5 Å². The van der Waals surface area contributed by atoms with Gasteiger partial charge in [-0.05, 0) is 103 Å². The monoisotopic (exact) mass is 536 g/mol.